The van der Waals surface area contributed by atoms with E-state index in [4.69, 9.17) is 4.52 Å². The number of nitrogens with one attached hydrogen (secondary N) is 4. The van der Waals surface area contributed by atoms with E-state index in [1.165, 1.54) is 6.07 Å². The number of nitrogens with zero attached hydrogens (tertiary/aromatic N) is 1. The van der Waals surface area contributed by atoms with Gasteiger partial charge in [-0.1, -0.05) is 47.6 Å². The first-order valence-corrected chi connectivity index (χ1v) is 13.8. The molecule has 2 unspecified atom stereocenters. The Morgan fingerprint density at radius 3 is 2.51 bits per heavy atom. The van der Waals surface area contributed by atoms with Crippen molar-refractivity contribution in [1.82, 2.24) is 10.5 Å². The standard InChI is InChI=1S/C32H31N5O6/c1-19-15-28(37-43-19)32(42)36-26(13-14-30(39)40)21-5-4-6-23(17-21)34-29(38)16-20-9-11-22(12-10-20)35-31(41)25-18-33-27-8-3-2-7-24(25)27/h2-12,15,17,25-26,33H,13-14,16,18H2,1H3,(H,34,38)(H,35,41)(H,36,42)(H,39,40). The van der Waals surface area contributed by atoms with Crippen molar-refractivity contribution in [3.05, 3.63) is 107 Å². The van der Waals surface area contributed by atoms with Crippen LogP contribution in [0.1, 0.15) is 57.7 Å². The molecule has 0 radical (unpaired) electrons. The van der Waals surface area contributed by atoms with Gasteiger partial charge in [0, 0.05) is 36.1 Å². The number of hydrogen-bond donors (Lipinski definition) is 5. The Bertz CT molecular complexity index is 1650. The molecule has 1 aromatic heterocycles. The lowest BCUT2D eigenvalue weighted by Gasteiger charge is -2.19. The third-order valence-corrected chi connectivity index (χ3v) is 7.12. The van der Waals surface area contributed by atoms with Crippen molar-refractivity contribution < 1.29 is 28.8 Å². The Labute approximate surface area is 247 Å². The number of anilines is 3. The van der Waals surface area contributed by atoms with Gasteiger partial charge in [0.25, 0.3) is 5.91 Å². The molecular weight excluding hydrogens is 550 g/mol. The number of hydrogen-bond acceptors (Lipinski definition) is 7. The molecule has 0 fully saturated rings. The molecule has 5 rings (SSSR count). The van der Waals surface area contributed by atoms with E-state index in [1.54, 1.807) is 55.5 Å². The molecule has 1 aliphatic rings. The van der Waals surface area contributed by atoms with Gasteiger partial charge in [0.05, 0.1) is 18.4 Å². The average Bonchev–Trinajstić information content (AvgIpc) is 3.63. The van der Waals surface area contributed by atoms with Crippen LogP contribution in [0, 0.1) is 6.92 Å². The van der Waals surface area contributed by atoms with Crippen molar-refractivity contribution >= 4 is 40.8 Å². The first kappa shape index (κ1) is 29.1. The van der Waals surface area contributed by atoms with Crippen LogP contribution >= 0.6 is 0 Å². The second-order valence-electron chi connectivity index (χ2n) is 10.3. The van der Waals surface area contributed by atoms with Gasteiger partial charge in [0.15, 0.2) is 5.69 Å². The second-order valence-corrected chi connectivity index (χ2v) is 10.3. The van der Waals surface area contributed by atoms with Gasteiger partial charge in [-0.2, -0.15) is 0 Å². The first-order chi connectivity index (χ1) is 20.7. The van der Waals surface area contributed by atoms with Crippen molar-refractivity contribution in [3.8, 4) is 0 Å². The number of carboxylic acids is 1. The van der Waals surface area contributed by atoms with Crippen molar-refractivity contribution in [2.24, 2.45) is 0 Å². The van der Waals surface area contributed by atoms with Crippen LogP contribution < -0.4 is 21.3 Å². The van der Waals surface area contributed by atoms with Crippen LogP contribution in [0.5, 0.6) is 0 Å². The van der Waals surface area contributed by atoms with E-state index in [0.29, 0.717) is 29.2 Å². The Morgan fingerprint density at radius 2 is 1.77 bits per heavy atom. The number of rotatable bonds is 11. The zero-order chi connectivity index (χ0) is 30.3. The smallest absolute Gasteiger partial charge is 0.303 e. The third-order valence-electron chi connectivity index (χ3n) is 7.12. The molecule has 1 aliphatic heterocycles. The van der Waals surface area contributed by atoms with E-state index in [0.717, 1.165) is 16.8 Å². The maximum Gasteiger partial charge on any atom is 0.303 e. The lowest BCUT2D eigenvalue weighted by Crippen LogP contribution is -2.29. The summed E-state index contributed by atoms with van der Waals surface area (Å²) in [4.78, 5) is 49.6. The molecule has 0 bridgehead atoms. The number of benzene rings is 3. The Hall–Kier alpha value is -5.45. The van der Waals surface area contributed by atoms with E-state index in [2.05, 4.69) is 26.4 Å². The minimum Gasteiger partial charge on any atom is -0.481 e. The van der Waals surface area contributed by atoms with E-state index in [-0.39, 0.29) is 42.7 Å². The van der Waals surface area contributed by atoms with Crippen molar-refractivity contribution in [3.63, 3.8) is 0 Å². The zero-order valence-electron chi connectivity index (χ0n) is 23.4. The van der Waals surface area contributed by atoms with Crippen LogP contribution in [-0.2, 0) is 20.8 Å². The number of amides is 3. The molecule has 11 nitrogen and oxygen atoms in total. The quantitative estimate of drug-likeness (QED) is 0.171. The highest BCUT2D eigenvalue weighted by molar-refractivity contribution is 5.98. The van der Waals surface area contributed by atoms with E-state index < -0.39 is 17.9 Å². The number of para-hydroxylation sites is 1. The number of aromatic nitrogens is 1. The Morgan fingerprint density at radius 1 is 0.977 bits per heavy atom. The highest BCUT2D eigenvalue weighted by atomic mass is 16.5. The molecule has 4 aromatic rings. The average molecular weight is 582 g/mol. The first-order valence-electron chi connectivity index (χ1n) is 13.8. The SMILES string of the molecule is Cc1cc(C(=O)NC(CCC(=O)O)c2cccc(NC(=O)Cc3ccc(NC(=O)C4CNc5ccccc54)cc3)c2)no1. The summed E-state index contributed by atoms with van der Waals surface area (Å²) >= 11 is 0. The van der Waals surface area contributed by atoms with Gasteiger partial charge in [0.2, 0.25) is 11.8 Å². The topological polar surface area (TPSA) is 163 Å². The monoisotopic (exact) mass is 581 g/mol. The maximum atomic E-state index is 12.9. The second kappa shape index (κ2) is 13.0. The molecule has 5 N–H and O–H groups in total. The summed E-state index contributed by atoms with van der Waals surface area (Å²) in [6, 6.07) is 22.6. The Balaban J connectivity index is 1.18. The summed E-state index contributed by atoms with van der Waals surface area (Å²) in [6.45, 7) is 2.21. The van der Waals surface area contributed by atoms with E-state index in [9.17, 15) is 24.3 Å². The van der Waals surface area contributed by atoms with E-state index in [1.807, 2.05) is 24.3 Å². The molecule has 0 spiro atoms. The van der Waals surface area contributed by atoms with Crippen molar-refractivity contribution in [1.29, 1.82) is 0 Å². The fourth-order valence-corrected chi connectivity index (χ4v) is 4.97. The van der Waals surface area contributed by atoms with E-state index >= 15 is 0 Å². The van der Waals surface area contributed by atoms with Gasteiger partial charge in [-0.15, -0.1) is 0 Å². The molecule has 43 heavy (non-hydrogen) atoms. The number of aryl methyl sites for hydroxylation is 1. The predicted octanol–water partition coefficient (Wildman–Crippen LogP) is 4.65. The van der Waals surface area contributed by atoms with Gasteiger partial charge >= 0.3 is 5.97 Å². The van der Waals surface area contributed by atoms with Gasteiger partial charge in [-0.25, -0.2) is 0 Å². The summed E-state index contributed by atoms with van der Waals surface area (Å²) < 4.78 is 4.97. The molecule has 220 valence electrons. The maximum absolute atomic E-state index is 12.9. The number of carboxylic acid groups (broad SMARTS) is 1. The Kier molecular flexibility index (Phi) is 8.80. The lowest BCUT2D eigenvalue weighted by molar-refractivity contribution is -0.137. The van der Waals surface area contributed by atoms with Crippen LogP contribution in [0.4, 0.5) is 17.1 Å². The number of carbonyl (C=O) groups excluding carboxylic acids is 3. The highest BCUT2D eigenvalue weighted by Gasteiger charge is 2.28. The van der Waals surface area contributed by atoms with Gasteiger partial charge < -0.3 is 30.9 Å². The fraction of sp³-hybridized carbons (Fsp3) is 0.219. The summed E-state index contributed by atoms with van der Waals surface area (Å²) in [6.07, 6.45) is 0.0751. The number of aliphatic carboxylic acids is 1. The van der Waals surface area contributed by atoms with Crippen LogP contribution in [0.3, 0.4) is 0 Å². The molecular formula is C32H31N5O6. The summed E-state index contributed by atoms with van der Waals surface area (Å²) in [5, 5.41) is 24.8. The highest BCUT2D eigenvalue weighted by Crippen LogP contribution is 2.32. The summed E-state index contributed by atoms with van der Waals surface area (Å²) in [7, 11) is 0. The lowest BCUT2D eigenvalue weighted by atomic mass is 10.0. The number of fused-ring (bicyclic) bond motifs is 1. The van der Waals surface area contributed by atoms with Crippen LogP contribution in [0.2, 0.25) is 0 Å². The van der Waals surface area contributed by atoms with Crippen molar-refractivity contribution in [2.75, 3.05) is 22.5 Å². The van der Waals surface area contributed by atoms with Gasteiger partial charge in [-0.05, 0) is 60.4 Å². The molecule has 2 heterocycles. The van der Waals surface area contributed by atoms with Gasteiger partial charge in [-0.3, -0.25) is 19.2 Å². The minimum absolute atomic E-state index is 0.0914. The molecule has 3 aromatic carbocycles. The molecule has 0 saturated carbocycles. The zero-order valence-corrected chi connectivity index (χ0v) is 23.4. The minimum atomic E-state index is -0.993. The number of carbonyl (C=O) groups is 4. The molecule has 0 saturated heterocycles. The predicted molar refractivity (Wildman–Crippen MR) is 160 cm³/mol. The normalized spacial score (nSPS) is 14.2. The van der Waals surface area contributed by atoms with Gasteiger partial charge in [0.1, 0.15) is 5.76 Å². The van der Waals surface area contributed by atoms with Crippen LogP contribution in [-0.4, -0.2) is 40.5 Å². The molecule has 11 heteroatoms. The fourth-order valence-electron chi connectivity index (χ4n) is 4.97. The summed E-state index contributed by atoms with van der Waals surface area (Å²) in [5.41, 5.74) is 4.57. The molecule has 3 amide bonds. The summed E-state index contributed by atoms with van der Waals surface area (Å²) in [5.74, 6) is -1.65. The van der Waals surface area contributed by atoms with Crippen LogP contribution in [0.25, 0.3) is 0 Å². The largest absolute Gasteiger partial charge is 0.481 e. The molecule has 2 atom stereocenters. The third kappa shape index (κ3) is 7.45. The van der Waals surface area contributed by atoms with Crippen molar-refractivity contribution in [2.45, 2.75) is 38.1 Å². The van der Waals surface area contributed by atoms with Crippen LogP contribution in [0.15, 0.2) is 83.4 Å². The molecule has 0 aliphatic carbocycles.